The minimum absolute atomic E-state index is 0. The molecule has 0 aromatic carbocycles. The fraction of sp³-hybridized carbons (Fsp3) is 0.500. The van der Waals surface area contributed by atoms with E-state index in [1.807, 2.05) is 12.2 Å². The van der Waals surface area contributed by atoms with Crippen LogP contribution in [0.25, 0.3) is 0 Å². The first-order chi connectivity index (χ1) is 10.2. The lowest BCUT2D eigenvalue weighted by molar-refractivity contribution is -0.131. The molecule has 0 aromatic heterocycles. The Labute approximate surface area is 149 Å². The molecule has 2 nitrogen and oxygen atoms in total. The summed E-state index contributed by atoms with van der Waals surface area (Å²) in [4.78, 5) is 10.5. The summed E-state index contributed by atoms with van der Waals surface area (Å²) in [5.74, 6) is -0.912. The van der Waals surface area contributed by atoms with Crippen molar-refractivity contribution in [2.24, 2.45) is 5.41 Å². The third-order valence-corrected chi connectivity index (χ3v) is 4.12. The zero-order valence-electron chi connectivity index (χ0n) is 14.4. The zero-order chi connectivity index (χ0) is 16.8. The topological polar surface area (TPSA) is 37.3 Å². The highest BCUT2D eigenvalue weighted by Gasteiger charge is 2.26. The minimum atomic E-state index is -0.912. The molecular formula is C22H36O2. The van der Waals surface area contributed by atoms with Crippen LogP contribution in [-0.2, 0) is 4.79 Å². The van der Waals surface area contributed by atoms with Crippen LogP contribution in [0.3, 0.4) is 0 Å². The minimum Gasteiger partial charge on any atom is -0.478 e. The average molecular weight is 333 g/mol. The SMILES string of the molecule is C.C.CC1=C(/C=C/C(C)=C/C=C/C(C)=C\C(=O)O)C(C)(C)CCC1. The summed E-state index contributed by atoms with van der Waals surface area (Å²) in [5.41, 5.74) is 5.09. The third-order valence-electron chi connectivity index (χ3n) is 4.12. The van der Waals surface area contributed by atoms with Gasteiger partial charge in [0.25, 0.3) is 0 Å². The third kappa shape index (κ3) is 8.14. The summed E-state index contributed by atoms with van der Waals surface area (Å²) in [6.07, 6.45) is 15.0. The maximum absolute atomic E-state index is 10.5. The van der Waals surface area contributed by atoms with Gasteiger partial charge in [-0.15, -0.1) is 0 Å². The lowest BCUT2D eigenvalue weighted by Gasteiger charge is -2.32. The molecule has 2 heteroatoms. The molecular weight excluding hydrogens is 296 g/mol. The molecule has 24 heavy (non-hydrogen) atoms. The van der Waals surface area contributed by atoms with E-state index in [9.17, 15) is 4.79 Å². The fourth-order valence-electron chi connectivity index (χ4n) is 2.88. The standard InChI is InChI=1S/C20H28O2.2CH4/c1-15(8-6-9-16(2)14-19(21)22)11-12-18-17(3)10-7-13-20(18,4)5;;/h6,8-9,11-12,14H,7,10,13H2,1-5H3,(H,21,22);2*1H4/b9-6+,12-11+,15-8+,16-14-;;. The second-order valence-corrected chi connectivity index (χ2v) is 6.76. The lowest BCUT2D eigenvalue weighted by Crippen LogP contribution is -2.19. The summed E-state index contributed by atoms with van der Waals surface area (Å²) < 4.78 is 0. The van der Waals surface area contributed by atoms with Crippen molar-refractivity contribution >= 4 is 5.97 Å². The summed E-state index contributed by atoms with van der Waals surface area (Å²) in [6, 6.07) is 0. The Kier molecular flexibility index (Phi) is 11.0. The van der Waals surface area contributed by atoms with E-state index in [4.69, 9.17) is 5.11 Å². The largest absolute Gasteiger partial charge is 0.478 e. The Morgan fingerprint density at radius 1 is 1.12 bits per heavy atom. The van der Waals surface area contributed by atoms with E-state index in [2.05, 4.69) is 39.8 Å². The molecule has 136 valence electrons. The van der Waals surface area contributed by atoms with Crippen LogP contribution in [0.1, 0.15) is 68.7 Å². The summed E-state index contributed by atoms with van der Waals surface area (Å²) in [7, 11) is 0. The molecule has 0 amide bonds. The molecule has 0 aromatic rings. The van der Waals surface area contributed by atoms with Crippen LogP contribution >= 0.6 is 0 Å². The molecule has 0 unspecified atom stereocenters. The predicted octanol–water partition coefficient (Wildman–Crippen LogP) is 6.87. The van der Waals surface area contributed by atoms with Crippen LogP contribution in [-0.4, -0.2) is 11.1 Å². The van der Waals surface area contributed by atoms with Crippen molar-refractivity contribution in [3.63, 3.8) is 0 Å². The van der Waals surface area contributed by atoms with Gasteiger partial charge in [-0.2, -0.15) is 0 Å². The van der Waals surface area contributed by atoms with Gasteiger partial charge >= 0.3 is 5.97 Å². The van der Waals surface area contributed by atoms with E-state index < -0.39 is 5.97 Å². The first kappa shape index (κ1) is 24.4. The van der Waals surface area contributed by atoms with Crippen LogP contribution in [0, 0.1) is 5.41 Å². The van der Waals surface area contributed by atoms with Gasteiger partial charge in [0.05, 0.1) is 0 Å². The highest BCUT2D eigenvalue weighted by Crippen LogP contribution is 2.40. The van der Waals surface area contributed by atoms with Gasteiger partial charge < -0.3 is 5.11 Å². The highest BCUT2D eigenvalue weighted by molar-refractivity contribution is 5.81. The van der Waals surface area contributed by atoms with Crippen LogP contribution in [0.2, 0.25) is 0 Å². The maximum atomic E-state index is 10.5. The number of carboxylic acid groups (broad SMARTS) is 1. The van der Waals surface area contributed by atoms with Gasteiger partial charge in [-0.3, -0.25) is 0 Å². The molecule has 0 bridgehead atoms. The van der Waals surface area contributed by atoms with Crippen molar-refractivity contribution in [2.45, 2.75) is 68.7 Å². The second kappa shape index (κ2) is 10.9. The Bertz CT molecular complexity index is 567. The summed E-state index contributed by atoms with van der Waals surface area (Å²) in [5, 5.41) is 8.65. The fourth-order valence-corrected chi connectivity index (χ4v) is 2.88. The molecule has 0 saturated carbocycles. The lowest BCUT2D eigenvalue weighted by atomic mass is 9.72. The number of hydrogen-bond donors (Lipinski definition) is 1. The quantitative estimate of drug-likeness (QED) is 0.440. The Morgan fingerprint density at radius 3 is 2.29 bits per heavy atom. The molecule has 0 radical (unpaired) electrons. The normalized spacial score (nSPS) is 18.5. The molecule has 1 rings (SSSR count). The first-order valence-corrected chi connectivity index (χ1v) is 7.87. The molecule has 0 aliphatic heterocycles. The molecule has 1 aliphatic rings. The van der Waals surface area contributed by atoms with Crippen LogP contribution in [0.4, 0.5) is 0 Å². The summed E-state index contributed by atoms with van der Waals surface area (Å²) in [6.45, 7) is 10.7. The van der Waals surface area contributed by atoms with Gasteiger partial charge in [-0.1, -0.05) is 70.2 Å². The maximum Gasteiger partial charge on any atom is 0.328 e. The molecule has 0 saturated heterocycles. The Balaban J connectivity index is 0. The molecule has 0 heterocycles. The van der Waals surface area contributed by atoms with Gasteiger partial charge in [-0.25, -0.2) is 4.79 Å². The Hall–Kier alpha value is -1.83. The van der Waals surface area contributed by atoms with E-state index in [1.54, 1.807) is 13.0 Å². The van der Waals surface area contributed by atoms with Crippen molar-refractivity contribution in [2.75, 3.05) is 0 Å². The number of hydrogen-bond acceptors (Lipinski definition) is 1. The van der Waals surface area contributed by atoms with Gasteiger partial charge in [0, 0.05) is 6.08 Å². The highest BCUT2D eigenvalue weighted by atomic mass is 16.4. The average Bonchev–Trinajstić information content (AvgIpc) is 2.36. The molecule has 1 N–H and O–H groups in total. The van der Waals surface area contributed by atoms with Crippen molar-refractivity contribution in [3.8, 4) is 0 Å². The smallest absolute Gasteiger partial charge is 0.328 e. The van der Waals surface area contributed by atoms with Crippen LogP contribution in [0.15, 0.2) is 58.7 Å². The van der Waals surface area contributed by atoms with Crippen molar-refractivity contribution < 1.29 is 9.90 Å². The number of carbonyl (C=O) groups is 1. The van der Waals surface area contributed by atoms with E-state index >= 15 is 0 Å². The van der Waals surface area contributed by atoms with Crippen molar-refractivity contribution in [1.29, 1.82) is 0 Å². The molecule has 0 fully saturated rings. The number of carboxylic acids is 1. The van der Waals surface area contributed by atoms with Gasteiger partial charge in [0.15, 0.2) is 0 Å². The molecule has 0 spiro atoms. The van der Waals surface area contributed by atoms with Crippen LogP contribution < -0.4 is 0 Å². The summed E-state index contributed by atoms with van der Waals surface area (Å²) >= 11 is 0. The monoisotopic (exact) mass is 332 g/mol. The van der Waals surface area contributed by atoms with E-state index in [1.165, 1.54) is 36.5 Å². The van der Waals surface area contributed by atoms with E-state index in [0.717, 1.165) is 11.1 Å². The number of aliphatic carboxylic acids is 1. The number of allylic oxidation sites excluding steroid dienone is 9. The van der Waals surface area contributed by atoms with Crippen molar-refractivity contribution in [1.82, 2.24) is 0 Å². The zero-order valence-corrected chi connectivity index (χ0v) is 14.4. The molecule has 1 aliphatic carbocycles. The predicted molar refractivity (Wildman–Crippen MR) is 107 cm³/mol. The second-order valence-electron chi connectivity index (χ2n) is 6.76. The van der Waals surface area contributed by atoms with Crippen LogP contribution in [0.5, 0.6) is 0 Å². The van der Waals surface area contributed by atoms with Gasteiger partial charge in [-0.05, 0) is 56.6 Å². The van der Waals surface area contributed by atoms with Crippen molar-refractivity contribution in [3.05, 3.63) is 58.7 Å². The van der Waals surface area contributed by atoms with Gasteiger partial charge in [0.1, 0.15) is 0 Å². The van der Waals surface area contributed by atoms with E-state index in [-0.39, 0.29) is 20.3 Å². The first-order valence-electron chi connectivity index (χ1n) is 7.87. The van der Waals surface area contributed by atoms with E-state index in [0.29, 0.717) is 0 Å². The molecule has 0 atom stereocenters. The van der Waals surface area contributed by atoms with Gasteiger partial charge in [0.2, 0.25) is 0 Å². The Morgan fingerprint density at radius 2 is 1.75 bits per heavy atom. The number of rotatable bonds is 5.